The molecule has 1 atom stereocenters. The Bertz CT molecular complexity index is 1000. The molecule has 0 fully saturated rings. The molecule has 0 radical (unpaired) electrons. The summed E-state index contributed by atoms with van der Waals surface area (Å²) in [6, 6.07) is 21.3. The number of hydrogen-bond acceptors (Lipinski definition) is 2. The van der Waals surface area contributed by atoms with Crippen molar-refractivity contribution in [3.05, 3.63) is 104 Å². The molecule has 0 aromatic heterocycles. The zero-order chi connectivity index (χ0) is 19.6. The first-order valence-electron chi connectivity index (χ1n) is 8.38. The van der Waals surface area contributed by atoms with E-state index in [1.807, 2.05) is 61.5 Å². The van der Waals surface area contributed by atoms with Crippen molar-refractivity contribution in [3.63, 3.8) is 0 Å². The molecule has 1 N–H and O–H groups in total. The Kier molecular flexibility index (Phi) is 5.95. The summed E-state index contributed by atoms with van der Waals surface area (Å²) in [5.74, 6) is 0. The van der Waals surface area contributed by atoms with Crippen LogP contribution in [0.2, 0.25) is 10.0 Å². The van der Waals surface area contributed by atoms with Gasteiger partial charge in [0.05, 0.1) is 11.1 Å². The summed E-state index contributed by atoms with van der Waals surface area (Å²) in [6.45, 7) is 3.83. The van der Waals surface area contributed by atoms with E-state index in [2.05, 4.69) is 21.1 Å². The minimum Gasteiger partial charge on any atom is -0.411 e. The second kappa shape index (κ2) is 8.05. The van der Waals surface area contributed by atoms with Crippen molar-refractivity contribution >= 4 is 44.8 Å². The van der Waals surface area contributed by atoms with Crippen LogP contribution in [-0.2, 0) is 5.41 Å². The van der Waals surface area contributed by atoms with Gasteiger partial charge in [0.15, 0.2) is 0 Å². The zero-order valence-corrected chi connectivity index (χ0v) is 18.0. The van der Waals surface area contributed by atoms with E-state index in [0.29, 0.717) is 15.8 Å². The first kappa shape index (κ1) is 19.9. The van der Waals surface area contributed by atoms with E-state index < -0.39 is 5.41 Å². The molecule has 3 aromatic rings. The summed E-state index contributed by atoms with van der Waals surface area (Å²) in [4.78, 5) is 0. The van der Waals surface area contributed by atoms with Gasteiger partial charge < -0.3 is 5.21 Å². The van der Waals surface area contributed by atoms with Crippen LogP contribution in [-0.4, -0.2) is 10.9 Å². The molecule has 0 aliphatic rings. The molecule has 2 nitrogen and oxygen atoms in total. The summed E-state index contributed by atoms with van der Waals surface area (Å²) >= 11 is 16.5. The Morgan fingerprint density at radius 2 is 1.63 bits per heavy atom. The fraction of sp³-hybridized carbons (Fsp3) is 0.136. The maximum absolute atomic E-state index is 9.86. The van der Waals surface area contributed by atoms with Crippen LogP contribution in [0.15, 0.2) is 76.4 Å². The van der Waals surface area contributed by atoms with Gasteiger partial charge in [-0.2, -0.15) is 0 Å². The Labute approximate surface area is 177 Å². The smallest absolute Gasteiger partial charge is 0.0882 e. The first-order valence-corrected chi connectivity index (χ1v) is 9.93. The molecule has 0 spiro atoms. The maximum atomic E-state index is 9.86. The molecular formula is C22H18BrCl2NO. The summed E-state index contributed by atoms with van der Waals surface area (Å²) in [7, 11) is 0. The van der Waals surface area contributed by atoms with E-state index in [-0.39, 0.29) is 0 Å². The van der Waals surface area contributed by atoms with Gasteiger partial charge >= 0.3 is 0 Å². The number of rotatable bonds is 4. The highest BCUT2D eigenvalue weighted by molar-refractivity contribution is 9.10. The van der Waals surface area contributed by atoms with Crippen molar-refractivity contribution in [1.29, 1.82) is 0 Å². The summed E-state index contributed by atoms with van der Waals surface area (Å²) in [5, 5.41) is 14.6. The Balaban J connectivity index is 2.52. The Morgan fingerprint density at radius 3 is 2.26 bits per heavy atom. The van der Waals surface area contributed by atoms with Crippen molar-refractivity contribution in [1.82, 2.24) is 0 Å². The Morgan fingerprint density at radius 1 is 0.963 bits per heavy atom. The molecule has 1 unspecified atom stereocenters. The molecule has 0 aliphatic carbocycles. The minimum atomic E-state index is -0.886. The molecule has 0 aliphatic heterocycles. The first-order chi connectivity index (χ1) is 12.9. The lowest BCUT2D eigenvalue weighted by Crippen LogP contribution is -2.38. The van der Waals surface area contributed by atoms with Crippen LogP contribution < -0.4 is 0 Å². The monoisotopic (exact) mass is 461 g/mol. The average Bonchev–Trinajstić information content (AvgIpc) is 2.67. The predicted octanol–water partition coefficient (Wildman–Crippen LogP) is 7.25. The van der Waals surface area contributed by atoms with E-state index >= 15 is 0 Å². The SMILES string of the molecule is C/C(=N/O)C(c1ccc(Br)cc1)(c1ccccc1C)c1cc(Cl)ccc1Cl. The van der Waals surface area contributed by atoms with Crippen LogP contribution in [0.5, 0.6) is 0 Å². The second-order valence-corrected chi connectivity index (χ2v) is 8.14. The summed E-state index contributed by atoms with van der Waals surface area (Å²) < 4.78 is 0.959. The van der Waals surface area contributed by atoms with Crippen LogP contribution in [0.4, 0.5) is 0 Å². The molecule has 27 heavy (non-hydrogen) atoms. The molecule has 3 aromatic carbocycles. The Hall–Kier alpha value is -1.81. The van der Waals surface area contributed by atoms with Gasteiger partial charge in [0, 0.05) is 14.5 Å². The lowest BCUT2D eigenvalue weighted by molar-refractivity contribution is 0.315. The van der Waals surface area contributed by atoms with Gasteiger partial charge in [0.2, 0.25) is 0 Å². The normalized spacial score (nSPS) is 14.0. The van der Waals surface area contributed by atoms with E-state index in [0.717, 1.165) is 26.7 Å². The zero-order valence-electron chi connectivity index (χ0n) is 14.9. The summed E-state index contributed by atoms with van der Waals surface area (Å²) in [5.41, 5.74) is 3.35. The number of benzene rings is 3. The molecule has 5 heteroatoms. The van der Waals surface area contributed by atoms with Crippen molar-refractivity contribution in [2.24, 2.45) is 5.16 Å². The standard InChI is InChI=1S/C22H18BrCl2NO/c1-14-5-3-4-6-19(14)22(15(2)26-27,16-7-9-17(23)10-8-16)20-13-18(24)11-12-21(20)25/h3-13,27H,1-2H3/b26-15-. The van der Waals surface area contributed by atoms with Gasteiger partial charge in [-0.1, -0.05) is 80.7 Å². The second-order valence-electron chi connectivity index (χ2n) is 6.38. The average molecular weight is 463 g/mol. The number of hydrogen-bond donors (Lipinski definition) is 1. The highest BCUT2D eigenvalue weighted by Gasteiger charge is 2.42. The van der Waals surface area contributed by atoms with Crippen molar-refractivity contribution < 1.29 is 5.21 Å². The molecule has 3 rings (SSSR count). The fourth-order valence-corrected chi connectivity index (χ4v) is 4.30. The van der Waals surface area contributed by atoms with Crippen LogP contribution in [0.25, 0.3) is 0 Å². The van der Waals surface area contributed by atoms with Gasteiger partial charge in [0.25, 0.3) is 0 Å². The van der Waals surface area contributed by atoms with E-state index in [4.69, 9.17) is 23.2 Å². The van der Waals surface area contributed by atoms with Crippen LogP contribution in [0, 0.1) is 6.92 Å². The predicted molar refractivity (Wildman–Crippen MR) is 117 cm³/mol. The molecule has 0 saturated heterocycles. The van der Waals surface area contributed by atoms with E-state index in [9.17, 15) is 5.21 Å². The molecule has 0 bridgehead atoms. The highest BCUT2D eigenvalue weighted by atomic mass is 79.9. The van der Waals surface area contributed by atoms with Crippen LogP contribution >= 0.6 is 39.1 Å². The van der Waals surface area contributed by atoms with Crippen molar-refractivity contribution in [2.45, 2.75) is 19.3 Å². The molecule has 0 heterocycles. The van der Waals surface area contributed by atoms with Gasteiger partial charge in [0.1, 0.15) is 0 Å². The van der Waals surface area contributed by atoms with Gasteiger partial charge in [-0.3, -0.25) is 0 Å². The number of aryl methyl sites for hydroxylation is 1. The third-order valence-corrected chi connectivity index (χ3v) is 5.94. The number of nitrogens with zero attached hydrogens (tertiary/aromatic N) is 1. The topological polar surface area (TPSA) is 32.6 Å². The van der Waals surface area contributed by atoms with Gasteiger partial charge in [-0.05, 0) is 66.4 Å². The van der Waals surface area contributed by atoms with Crippen LogP contribution in [0.3, 0.4) is 0 Å². The summed E-state index contributed by atoms with van der Waals surface area (Å²) in [6.07, 6.45) is 0. The van der Waals surface area contributed by atoms with Crippen molar-refractivity contribution in [2.75, 3.05) is 0 Å². The molecule has 0 saturated carbocycles. The quantitative estimate of drug-likeness (QED) is 0.188. The highest BCUT2D eigenvalue weighted by Crippen LogP contribution is 2.45. The molecule has 138 valence electrons. The van der Waals surface area contributed by atoms with E-state index in [1.165, 1.54) is 0 Å². The van der Waals surface area contributed by atoms with Gasteiger partial charge in [-0.15, -0.1) is 0 Å². The number of halogens is 3. The lowest BCUT2D eigenvalue weighted by atomic mass is 9.65. The third kappa shape index (κ3) is 3.52. The number of oxime groups is 1. The molecular weight excluding hydrogens is 445 g/mol. The molecule has 0 amide bonds. The van der Waals surface area contributed by atoms with Crippen LogP contribution in [0.1, 0.15) is 29.2 Å². The largest absolute Gasteiger partial charge is 0.411 e. The third-order valence-electron chi connectivity index (χ3n) is 4.85. The van der Waals surface area contributed by atoms with Gasteiger partial charge in [-0.25, -0.2) is 0 Å². The van der Waals surface area contributed by atoms with Crippen molar-refractivity contribution in [3.8, 4) is 0 Å². The van der Waals surface area contributed by atoms with E-state index in [1.54, 1.807) is 19.1 Å². The minimum absolute atomic E-state index is 0.503. The maximum Gasteiger partial charge on any atom is 0.0882 e. The fourth-order valence-electron chi connectivity index (χ4n) is 3.61. The lowest BCUT2D eigenvalue weighted by Gasteiger charge is -2.37.